The summed E-state index contributed by atoms with van der Waals surface area (Å²) in [5, 5.41) is 9.03. The quantitative estimate of drug-likeness (QED) is 0.799. The normalized spacial score (nSPS) is 13.2. The molecule has 0 saturated heterocycles. The van der Waals surface area contributed by atoms with Gasteiger partial charge in [-0.1, -0.05) is 30.1 Å². The molecule has 0 spiro atoms. The van der Waals surface area contributed by atoms with Gasteiger partial charge in [0, 0.05) is 23.0 Å². The van der Waals surface area contributed by atoms with Crippen LogP contribution in [-0.4, -0.2) is 26.0 Å². The molecule has 0 aliphatic heterocycles. The summed E-state index contributed by atoms with van der Waals surface area (Å²) in [4.78, 5) is 10.4. The number of carboxylic acids is 1. The second kappa shape index (κ2) is 7.26. The minimum absolute atomic E-state index is 0.00584. The van der Waals surface area contributed by atoms with Gasteiger partial charge < -0.3 is 5.11 Å². The van der Waals surface area contributed by atoms with Crippen molar-refractivity contribution in [3.05, 3.63) is 28.2 Å². The van der Waals surface area contributed by atoms with Crippen LogP contribution >= 0.6 is 23.2 Å². The Morgan fingerprint density at radius 1 is 1.30 bits per heavy atom. The summed E-state index contributed by atoms with van der Waals surface area (Å²) >= 11 is 11.5. The topological polar surface area (TPSA) is 83.5 Å². The third kappa shape index (κ3) is 5.66. The van der Waals surface area contributed by atoms with Crippen molar-refractivity contribution in [1.82, 2.24) is 4.72 Å². The van der Waals surface area contributed by atoms with Gasteiger partial charge >= 0.3 is 5.97 Å². The van der Waals surface area contributed by atoms with Crippen LogP contribution in [0.2, 0.25) is 10.0 Å². The van der Waals surface area contributed by atoms with Crippen LogP contribution in [0.25, 0.3) is 0 Å². The van der Waals surface area contributed by atoms with Crippen molar-refractivity contribution in [3.8, 4) is 0 Å². The maximum absolute atomic E-state index is 12.0. The first-order valence-corrected chi connectivity index (χ1v) is 8.12. The van der Waals surface area contributed by atoms with Crippen LogP contribution < -0.4 is 4.72 Å². The molecule has 0 aromatic heterocycles. The van der Waals surface area contributed by atoms with E-state index in [1.54, 1.807) is 6.92 Å². The Kier molecular flexibility index (Phi) is 6.26. The Labute approximate surface area is 127 Å². The molecule has 0 aliphatic rings. The van der Waals surface area contributed by atoms with Crippen molar-refractivity contribution in [3.63, 3.8) is 0 Å². The fourth-order valence-corrected chi connectivity index (χ4v) is 3.38. The van der Waals surface area contributed by atoms with Crippen LogP contribution in [-0.2, 0) is 14.8 Å². The summed E-state index contributed by atoms with van der Waals surface area (Å²) in [5.41, 5.74) is 0. The lowest BCUT2D eigenvalue weighted by Gasteiger charge is -2.12. The molecule has 1 unspecified atom stereocenters. The van der Waals surface area contributed by atoms with Crippen molar-refractivity contribution in [1.29, 1.82) is 0 Å². The number of carbonyl (C=O) groups is 1. The molecule has 5 nitrogen and oxygen atoms in total. The zero-order valence-electron chi connectivity index (χ0n) is 10.8. The predicted octanol–water partition coefficient (Wildman–Crippen LogP) is 2.77. The summed E-state index contributed by atoms with van der Waals surface area (Å²) < 4.78 is 26.5. The van der Waals surface area contributed by atoms with Crippen molar-refractivity contribution >= 4 is 39.2 Å². The molecule has 20 heavy (non-hydrogen) atoms. The van der Waals surface area contributed by atoms with E-state index in [2.05, 4.69) is 4.72 Å². The molecule has 1 aromatic carbocycles. The zero-order valence-corrected chi connectivity index (χ0v) is 13.1. The molecule has 1 aromatic rings. The first kappa shape index (κ1) is 17.2. The molecular formula is C12H15Cl2NO4S. The summed E-state index contributed by atoms with van der Waals surface area (Å²) in [6.07, 6.45) is 0.403. The molecule has 0 saturated carbocycles. The molecule has 0 aliphatic carbocycles. The lowest BCUT2D eigenvalue weighted by Crippen LogP contribution is -2.28. The molecule has 1 rings (SSSR count). The fraction of sp³-hybridized carbons (Fsp3) is 0.417. The van der Waals surface area contributed by atoms with Crippen molar-refractivity contribution in [2.75, 3.05) is 6.54 Å². The van der Waals surface area contributed by atoms with E-state index in [-0.39, 0.29) is 33.8 Å². The van der Waals surface area contributed by atoms with Gasteiger partial charge in [0.25, 0.3) is 0 Å². The highest BCUT2D eigenvalue weighted by molar-refractivity contribution is 7.89. The van der Waals surface area contributed by atoms with E-state index in [1.165, 1.54) is 18.2 Å². The number of rotatable bonds is 7. The minimum Gasteiger partial charge on any atom is -0.481 e. The number of hydrogen-bond acceptors (Lipinski definition) is 3. The molecule has 0 amide bonds. The third-order valence-electron chi connectivity index (χ3n) is 2.62. The van der Waals surface area contributed by atoms with Crippen LogP contribution in [0, 0.1) is 5.92 Å². The Balaban J connectivity index is 2.68. The van der Waals surface area contributed by atoms with Gasteiger partial charge in [-0.3, -0.25) is 4.79 Å². The standard InChI is InChI=1S/C12H15Cl2NO4S/c1-8(2-3-12(16)17)7-15-20(18,19)11-5-9(13)4-10(14)6-11/h4-6,8,15H,2-3,7H2,1H3,(H,16,17). The first-order chi connectivity index (χ1) is 9.20. The molecular weight excluding hydrogens is 325 g/mol. The van der Waals surface area contributed by atoms with Gasteiger partial charge in [0.1, 0.15) is 0 Å². The number of sulfonamides is 1. The van der Waals surface area contributed by atoms with Crippen molar-refractivity contribution < 1.29 is 18.3 Å². The van der Waals surface area contributed by atoms with Crippen LogP contribution in [0.4, 0.5) is 0 Å². The smallest absolute Gasteiger partial charge is 0.303 e. The van der Waals surface area contributed by atoms with Gasteiger partial charge in [-0.25, -0.2) is 13.1 Å². The highest BCUT2D eigenvalue weighted by Gasteiger charge is 2.17. The Hall–Kier alpha value is -0.820. The predicted molar refractivity (Wildman–Crippen MR) is 77.7 cm³/mol. The van der Waals surface area contributed by atoms with Gasteiger partial charge in [0.15, 0.2) is 0 Å². The molecule has 0 bridgehead atoms. The number of halogens is 2. The number of benzene rings is 1. The summed E-state index contributed by atoms with van der Waals surface area (Å²) in [5.74, 6) is -0.989. The number of carboxylic acid groups (broad SMARTS) is 1. The van der Waals surface area contributed by atoms with E-state index in [0.29, 0.717) is 6.42 Å². The second-order valence-corrected chi connectivity index (χ2v) is 7.13. The molecule has 112 valence electrons. The van der Waals surface area contributed by atoms with Gasteiger partial charge in [0.2, 0.25) is 10.0 Å². The van der Waals surface area contributed by atoms with E-state index >= 15 is 0 Å². The maximum atomic E-state index is 12.0. The second-order valence-electron chi connectivity index (χ2n) is 4.49. The monoisotopic (exact) mass is 339 g/mol. The molecule has 2 N–H and O–H groups in total. The maximum Gasteiger partial charge on any atom is 0.303 e. The van der Waals surface area contributed by atoms with E-state index in [0.717, 1.165) is 0 Å². The lowest BCUT2D eigenvalue weighted by molar-refractivity contribution is -0.137. The van der Waals surface area contributed by atoms with Crippen molar-refractivity contribution in [2.45, 2.75) is 24.7 Å². The lowest BCUT2D eigenvalue weighted by atomic mass is 10.1. The third-order valence-corrected chi connectivity index (χ3v) is 4.46. The first-order valence-electron chi connectivity index (χ1n) is 5.88. The largest absolute Gasteiger partial charge is 0.481 e. The highest BCUT2D eigenvalue weighted by atomic mass is 35.5. The van der Waals surface area contributed by atoms with Gasteiger partial charge in [-0.2, -0.15) is 0 Å². The molecule has 1 atom stereocenters. The molecule has 8 heteroatoms. The Bertz CT molecular complexity index is 569. The van der Waals surface area contributed by atoms with Gasteiger partial charge in [0.05, 0.1) is 4.90 Å². The van der Waals surface area contributed by atoms with E-state index in [4.69, 9.17) is 28.3 Å². The highest BCUT2D eigenvalue weighted by Crippen LogP contribution is 2.22. The van der Waals surface area contributed by atoms with Crippen molar-refractivity contribution in [2.24, 2.45) is 5.92 Å². The fourth-order valence-electron chi connectivity index (χ4n) is 1.49. The average Bonchev–Trinajstić information content (AvgIpc) is 2.32. The minimum atomic E-state index is -3.71. The molecule has 0 heterocycles. The van der Waals surface area contributed by atoms with Gasteiger partial charge in [-0.05, 0) is 30.5 Å². The van der Waals surface area contributed by atoms with E-state index in [9.17, 15) is 13.2 Å². The summed E-state index contributed by atoms with van der Waals surface area (Å²) in [6, 6.07) is 4.05. The Morgan fingerprint density at radius 3 is 2.35 bits per heavy atom. The number of hydrogen-bond donors (Lipinski definition) is 2. The van der Waals surface area contributed by atoms with Crippen LogP contribution in [0.3, 0.4) is 0 Å². The molecule has 0 radical (unpaired) electrons. The number of aliphatic carboxylic acids is 1. The number of nitrogens with one attached hydrogen (secondary N) is 1. The SMILES string of the molecule is CC(CCC(=O)O)CNS(=O)(=O)c1cc(Cl)cc(Cl)c1. The summed E-state index contributed by atoms with van der Waals surface area (Å²) in [7, 11) is -3.71. The van der Waals surface area contributed by atoms with Crippen LogP contribution in [0.1, 0.15) is 19.8 Å². The van der Waals surface area contributed by atoms with Crippen LogP contribution in [0.15, 0.2) is 23.1 Å². The van der Waals surface area contributed by atoms with Crippen LogP contribution in [0.5, 0.6) is 0 Å². The Morgan fingerprint density at radius 2 is 1.85 bits per heavy atom. The van der Waals surface area contributed by atoms with E-state index in [1.807, 2.05) is 0 Å². The average molecular weight is 340 g/mol. The molecule has 0 fully saturated rings. The zero-order chi connectivity index (χ0) is 15.3. The summed E-state index contributed by atoms with van der Waals surface area (Å²) in [6.45, 7) is 1.93. The van der Waals surface area contributed by atoms with Gasteiger partial charge in [-0.15, -0.1) is 0 Å². The van der Waals surface area contributed by atoms with E-state index < -0.39 is 16.0 Å².